The first-order valence-corrected chi connectivity index (χ1v) is 7.68. The van der Waals surface area contributed by atoms with Crippen LogP contribution in [-0.4, -0.2) is 37.0 Å². The Hall–Kier alpha value is -1.58. The maximum Gasteiger partial charge on any atom is 0.222 e. The summed E-state index contributed by atoms with van der Waals surface area (Å²) in [6.07, 6.45) is 2.47. The molecule has 0 aliphatic carbocycles. The maximum atomic E-state index is 12.3. The summed E-state index contributed by atoms with van der Waals surface area (Å²) in [5, 5.41) is 5.81. The molecule has 1 aliphatic heterocycles. The lowest BCUT2D eigenvalue weighted by Crippen LogP contribution is -2.38. The minimum atomic E-state index is 0. The predicted octanol–water partition coefficient (Wildman–Crippen LogP) is 3.01. The molecule has 0 spiro atoms. The van der Waals surface area contributed by atoms with Crippen LogP contribution < -0.4 is 5.32 Å². The van der Waals surface area contributed by atoms with Gasteiger partial charge in [0.1, 0.15) is 0 Å². The molecule has 1 heterocycles. The number of nitrogens with zero attached hydrogens (tertiary/aromatic N) is 1. The molecule has 2 aromatic rings. The highest BCUT2D eigenvalue weighted by Gasteiger charge is 2.22. The van der Waals surface area contributed by atoms with Crippen LogP contribution in [0, 0.1) is 0 Å². The molecule has 0 aromatic heterocycles. The van der Waals surface area contributed by atoms with Gasteiger partial charge in [-0.3, -0.25) is 4.79 Å². The van der Waals surface area contributed by atoms with Gasteiger partial charge in [-0.25, -0.2) is 0 Å². The Bertz CT molecular complexity index is 638. The number of hydrogen-bond acceptors (Lipinski definition) is 2. The lowest BCUT2D eigenvalue weighted by molar-refractivity contribution is -0.131. The van der Waals surface area contributed by atoms with Crippen LogP contribution in [0.15, 0.2) is 42.5 Å². The van der Waals surface area contributed by atoms with Crippen LogP contribution in [0.3, 0.4) is 0 Å². The average molecular weight is 319 g/mol. The summed E-state index contributed by atoms with van der Waals surface area (Å²) in [5.74, 6) is 0.247. The Balaban J connectivity index is 0.00000176. The number of fused-ring (bicyclic) bond motifs is 1. The fourth-order valence-electron chi connectivity index (χ4n) is 3.00. The molecular formula is C18H23ClN2O. The number of benzene rings is 2. The van der Waals surface area contributed by atoms with Crippen LogP contribution >= 0.6 is 12.4 Å². The second-order valence-electron chi connectivity index (χ2n) is 5.83. The highest BCUT2D eigenvalue weighted by atomic mass is 35.5. The molecular weight excluding hydrogens is 296 g/mol. The summed E-state index contributed by atoms with van der Waals surface area (Å²) >= 11 is 0. The van der Waals surface area contributed by atoms with E-state index in [0.29, 0.717) is 12.5 Å². The Kier molecular flexibility index (Phi) is 5.81. The van der Waals surface area contributed by atoms with E-state index < -0.39 is 0 Å². The van der Waals surface area contributed by atoms with Gasteiger partial charge in [-0.15, -0.1) is 12.4 Å². The highest BCUT2D eigenvalue weighted by Crippen LogP contribution is 2.17. The van der Waals surface area contributed by atoms with Crippen molar-refractivity contribution in [1.82, 2.24) is 10.2 Å². The molecule has 1 unspecified atom stereocenters. The van der Waals surface area contributed by atoms with Crippen LogP contribution in [0.2, 0.25) is 0 Å². The van der Waals surface area contributed by atoms with Gasteiger partial charge in [-0.1, -0.05) is 42.5 Å². The Morgan fingerprint density at radius 1 is 1.23 bits per heavy atom. The van der Waals surface area contributed by atoms with E-state index in [1.165, 1.54) is 16.3 Å². The van der Waals surface area contributed by atoms with Gasteiger partial charge in [0, 0.05) is 26.1 Å². The van der Waals surface area contributed by atoms with Gasteiger partial charge in [-0.05, 0) is 35.7 Å². The standard InChI is InChI=1S/C18H22N2O.ClH/c1-20(17-10-11-19-13-17)18(21)9-7-14-6-8-15-4-2-3-5-16(15)12-14;/h2-6,8,12,17,19H,7,9-11,13H2,1H3;1H. The smallest absolute Gasteiger partial charge is 0.222 e. The Labute approximate surface area is 138 Å². The van der Waals surface area contributed by atoms with Crippen molar-refractivity contribution in [1.29, 1.82) is 0 Å². The molecule has 0 saturated carbocycles. The number of aryl methyl sites for hydroxylation is 1. The Morgan fingerprint density at radius 3 is 2.73 bits per heavy atom. The number of nitrogens with one attached hydrogen (secondary N) is 1. The molecule has 1 amide bonds. The van der Waals surface area contributed by atoms with E-state index in [1.807, 2.05) is 11.9 Å². The number of likely N-dealkylation sites (N-methyl/N-ethyl adjacent to an activating group) is 1. The second kappa shape index (κ2) is 7.61. The fraction of sp³-hybridized carbons (Fsp3) is 0.389. The van der Waals surface area contributed by atoms with Crippen LogP contribution in [0.25, 0.3) is 10.8 Å². The number of rotatable bonds is 4. The third-order valence-corrected chi connectivity index (χ3v) is 4.42. The molecule has 2 aromatic carbocycles. The molecule has 1 aliphatic rings. The van der Waals surface area contributed by atoms with E-state index >= 15 is 0 Å². The summed E-state index contributed by atoms with van der Waals surface area (Å²) < 4.78 is 0. The average Bonchev–Trinajstić information content (AvgIpc) is 3.06. The van der Waals surface area contributed by atoms with E-state index in [-0.39, 0.29) is 18.3 Å². The van der Waals surface area contributed by atoms with E-state index in [4.69, 9.17) is 0 Å². The van der Waals surface area contributed by atoms with E-state index in [1.54, 1.807) is 0 Å². The van der Waals surface area contributed by atoms with Crippen molar-refractivity contribution in [2.45, 2.75) is 25.3 Å². The first kappa shape index (κ1) is 16.8. The van der Waals surface area contributed by atoms with Crippen LogP contribution in [0.5, 0.6) is 0 Å². The van der Waals surface area contributed by atoms with Crippen molar-refractivity contribution in [3.8, 4) is 0 Å². The number of hydrogen-bond donors (Lipinski definition) is 1. The minimum absolute atomic E-state index is 0. The fourth-order valence-corrected chi connectivity index (χ4v) is 3.00. The topological polar surface area (TPSA) is 32.3 Å². The van der Waals surface area contributed by atoms with Gasteiger partial charge in [0.2, 0.25) is 5.91 Å². The van der Waals surface area contributed by atoms with Crippen molar-refractivity contribution in [3.05, 3.63) is 48.0 Å². The lowest BCUT2D eigenvalue weighted by Gasteiger charge is -2.23. The summed E-state index contributed by atoms with van der Waals surface area (Å²) in [4.78, 5) is 14.2. The molecule has 0 bridgehead atoms. The normalized spacial score (nSPS) is 17.2. The van der Waals surface area contributed by atoms with Crippen LogP contribution in [0.4, 0.5) is 0 Å². The van der Waals surface area contributed by atoms with E-state index in [9.17, 15) is 4.79 Å². The maximum absolute atomic E-state index is 12.3. The quantitative estimate of drug-likeness (QED) is 0.940. The molecule has 1 N–H and O–H groups in total. The number of carbonyl (C=O) groups is 1. The molecule has 4 heteroatoms. The molecule has 0 radical (unpaired) electrons. The molecule has 1 saturated heterocycles. The zero-order valence-electron chi connectivity index (χ0n) is 12.9. The van der Waals surface area contributed by atoms with Gasteiger partial charge in [0.15, 0.2) is 0 Å². The minimum Gasteiger partial charge on any atom is -0.341 e. The molecule has 22 heavy (non-hydrogen) atoms. The summed E-state index contributed by atoms with van der Waals surface area (Å²) in [7, 11) is 1.93. The number of halogens is 1. The largest absolute Gasteiger partial charge is 0.341 e. The zero-order valence-corrected chi connectivity index (χ0v) is 13.7. The summed E-state index contributed by atoms with van der Waals surface area (Å²) in [6, 6.07) is 15.2. The van der Waals surface area contributed by atoms with Crippen molar-refractivity contribution >= 4 is 29.1 Å². The molecule has 3 nitrogen and oxygen atoms in total. The van der Waals surface area contributed by atoms with Crippen molar-refractivity contribution in [3.63, 3.8) is 0 Å². The third kappa shape index (κ3) is 3.79. The van der Waals surface area contributed by atoms with E-state index in [0.717, 1.165) is 25.9 Å². The third-order valence-electron chi connectivity index (χ3n) is 4.42. The monoisotopic (exact) mass is 318 g/mol. The molecule has 1 fully saturated rings. The van der Waals surface area contributed by atoms with Gasteiger partial charge in [-0.2, -0.15) is 0 Å². The van der Waals surface area contributed by atoms with Gasteiger partial charge in [0.25, 0.3) is 0 Å². The lowest BCUT2D eigenvalue weighted by atomic mass is 10.0. The van der Waals surface area contributed by atoms with Crippen LogP contribution in [0.1, 0.15) is 18.4 Å². The summed E-state index contributed by atoms with van der Waals surface area (Å²) in [5.41, 5.74) is 1.24. The predicted molar refractivity (Wildman–Crippen MR) is 93.6 cm³/mol. The summed E-state index contributed by atoms with van der Waals surface area (Å²) in [6.45, 7) is 1.95. The molecule has 1 atom stereocenters. The van der Waals surface area contributed by atoms with E-state index in [2.05, 4.69) is 47.8 Å². The first-order chi connectivity index (χ1) is 10.2. The van der Waals surface area contributed by atoms with Crippen molar-refractivity contribution in [2.75, 3.05) is 20.1 Å². The van der Waals surface area contributed by atoms with Crippen molar-refractivity contribution in [2.24, 2.45) is 0 Å². The van der Waals surface area contributed by atoms with Gasteiger partial charge in [0.05, 0.1) is 0 Å². The van der Waals surface area contributed by atoms with Crippen LogP contribution in [-0.2, 0) is 11.2 Å². The zero-order chi connectivity index (χ0) is 14.7. The number of amides is 1. The second-order valence-corrected chi connectivity index (χ2v) is 5.83. The Morgan fingerprint density at radius 2 is 2.00 bits per heavy atom. The van der Waals surface area contributed by atoms with Crippen molar-refractivity contribution < 1.29 is 4.79 Å². The number of carbonyl (C=O) groups excluding carboxylic acids is 1. The molecule has 118 valence electrons. The SMILES string of the molecule is CN(C(=O)CCc1ccc2ccccc2c1)C1CCNC1.Cl. The first-order valence-electron chi connectivity index (χ1n) is 7.68. The van der Waals surface area contributed by atoms with Gasteiger partial charge < -0.3 is 10.2 Å². The van der Waals surface area contributed by atoms with Gasteiger partial charge >= 0.3 is 0 Å². The highest BCUT2D eigenvalue weighted by molar-refractivity contribution is 5.85. The molecule has 3 rings (SSSR count).